The van der Waals surface area contributed by atoms with Crippen LogP contribution >= 0.6 is 0 Å². The third-order valence-corrected chi connectivity index (χ3v) is 6.24. The van der Waals surface area contributed by atoms with Crippen LogP contribution in [0.3, 0.4) is 0 Å². The van der Waals surface area contributed by atoms with Crippen molar-refractivity contribution in [2.24, 2.45) is 0 Å². The van der Waals surface area contributed by atoms with Crippen molar-refractivity contribution in [1.82, 2.24) is 20.1 Å². The molecule has 172 valence electrons. The van der Waals surface area contributed by atoms with Gasteiger partial charge in [0.25, 0.3) is 5.91 Å². The number of likely N-dealkylation sites (N-methyl/N-ethyl adjacent to an activating group) is 1. The molecule has 1 fully saturated rings. The zero-order valence-corrected chi connectivity index (χ0v) is 18.6. The molecule has 4 rings (SSSR count). The van der Waals surface area contributed by atoms with Crippen LogP contribution in [0.4, 0.5) is 0 Å². The zero-order chi connectivity index (χ0) is 22.7. The second-order valence-corrected chi connectivity index (χ2v) is 8.12. The maximum Gasteiger partial charge on any atom is 0.256 e. The predicted molar refractivity (Wildman–Crippen MR) is 120 cm³/mol. The average molecular weight is 443 g/mol. The minimum absolute atomic E-state index is 0.0446. The topological polar surface area (TPSA) is 102 Å². The van der Waals surface area contributed by atoms with Crippen molar-refractivity contribution in [2.75, 3.05) is 33.0 Å². The standard InChI is InChI=1S/C23H30N4O5/c1-3-26-9-5-6-15(26)12-25-21(28)7-8-24-23(30)17-13-27(4-2)18-11-20-19(31-14-32-20)10-16(18)22(17)29/h10-11,13,15H,3-9,12,14H2,1-2H3,(H,24,30)(H,25,28)/t15-/m1/s1. The number of carbonyl (C=O) groups excluding carboxylic acids is 2. The lowest BCUT2D eigenvalue weighted by molar-refractivity contribution is -0.121. The Kier molecular flexibility index (Phi) is 6.64. The van der Waals surface area contributed by atoms with E-state index in [1.165, 1.54) is 0 Å². The number of aromatic nitrogens is 1. The van der Waals surface area contributed by atoms with Crippen molar-refractivity contribution >= 4 is 22.7 Å². The number of nitrogens with one attached hydrogen (secondary N) is 2. The molecule has 0 spiro atoms. The van der Waals surface area contributed by atoms with Crippen LogP contribution in [0.25, 0.3) is 10.9 Å². The molecule has 32 heavy (non-hydrogen) atoms. The molecule has 1 aromatic heterocycles. The lowest BCUT2D eigenvalue weighted by Gasteiger charge is -2.22. The second-order valence-electron chi connectivity index (χ2n) is 8.12. The van der Waals surface area contributed by atoms with E-state index >= 15 is 0 Å². The summed E-state index contributed by atoms with van der Waals surface area (Å²) in [5, 5.41) is 6.07. The van der Waals surface area contributed by atoms with Crippen molar-refractivity contribution in [1.29, 1.82) is 0 Å². The summed E-state index contributed by atoms with van der Waals surface area (Å²) in [7, 11) is 0. The van der Waals surface area contributed by atoms with Gasteiger partial charge in [-0.05, 0) is 38.9 Å². The van der Waals surface area contributed by atoms with Crippen LogP contribution in [-0.2, 0) is 11.3 Å². The van der Waals surface area contributed by atoms with Crippen molar-refractivity contribution < 1.29 is 19.1 Å². The predicted octanol–water partition coefficient (Wildman–Crippen LogP) is 1.47. The van der Waals surface area contributed by atoms with Gasteiger partial charge in [-0.15, -0.1) is 0 Å². The fourth-order valence-corrected chi connectivity index (χ4v) is 4.45. The summed E-state index contributed by atoms with van der Waals surface area (Å²) in [5.74, 6) is 0.486. The number of hydrogen-bond donors (Lipinski definition) is 2. The molecule has 0 bridgehead atoms. The number of fused-ring (bicyclic) bond motifs is 2. The van der Waals surface area contributed by atoms with E-state index < -0.39 is 5.91 Å². The van der Waals surface area contributed by atoms with E-state index in [0.29, 0.717) is 41.5 Å². The molecule has 2 aliphatic heterocycles. The highest BCUT2D eigenvalue weighted by atomic mass is 16.7. The van der Waals surface area contributed by atoms with Gasteiger partial charge < -0.3 is 24.7 Å². The smallest absolute Gasteiger partial charge is 0.256 e. The number of ether oxygens (including phenoxy) is 2. The summed E-state index contributed by atoms with van der Waals surface area (Å²) in [5.41, 5.74) is 0.361. The first-order chi connectivity index (χ1) is 15.5. The van der Waals surface area contributed by atoms with Gasteiger partial charge in [-0.25, -0.2) is 0 Å². The molecule has 0 radical (unpaired) electrons. The molecule has 2 amide bonds. The minimum atomic E-state index is -0.488. The Morgan fingerprint density at radius 3 is 2.66 bits per heavy atom. The van der Waals surface area contributed by atoms with Crippen LogP contribution in [0.1, 0.15) is 43.5 Å². The van der Waals surface area contributed by atoms with E-state index in [4.69, 9.17) is 9.47 Å². The van der Waals surface area contributed by atoms with Gasteiger partial charge >= 0.3 is 0 Å². The maximum absolute atomic E-state index is 13.0. The fourth-order valence-electron chi connectivity index (χ4n) is 4.45. The number of benzene rings is 1. The molecule has 9 heteroatoms. The Morgan fingerprint density at radius 1 is 1.12 bits per heavy atom. The van der Waals surface area contributed by atoms with Crippen molar-refractivity contribution in [2.45, 2.75) is 45.7 Å². The highest BCUT2D eigenvalue weighted by Crippen LogP contribution is 2.35. The molecule has 2 aromatic rings. The molecule has 2 N–H and O–H groups in total. The largest absolute Gasteiger partial charge is 0.454 e. The monoisotopic (exact) mass is 442 g/mol. The van der Waals surface area contributed by atoms with E-state index in [1.807, 2.05) is 11.5 Å². The Morgan fingerprint density at radius 2 is 1.91 bits per heavy atom. The SMILES string of the molecule is CCN1CCC[C@@H]1CNC(=O)CCNC(=O)c1cn(CC)c2cc3c(cc2c1=O)OCO3. The van der Waals surface area contributed by atoms with Gasteiger partial charge in [-0.2, -0.15) is 0 Å². The summed E-state index contributed by atoms with van der Waals surface area (Å²) in [6.07, 6.45) is 3.98. The van der Waals surface area contributed by atoms with Gasteiger partial charge in [0.05, 0.1) is 10.9 Å². The Hall–Kier alpha value is -3.07. The first kappa shape index (κ1) is 22.1. The molecule has 0 saturated carbocycles. The molecule has 2 aliphatic rings. The number of pyridine rings is 1. The van der Waals surface area contributed by atoms with Gasteiger partial charge in [0.1, 0.15) is 5.56 Å². The maximum atomic E-state index is 13.0. The second kappa shape index (κ2) is 9.60. The summed E-state index contributed by atoms with van der Waals surface area (Å²) < 4.78 is 12.6. The Labute approximate surface area is 186 Å². The van der Waals surface area contributed by atoms with E-state index in [9.17, 15) is 14.4 Å². The number of rotatable bonds is 8. The van der Waals surface area contributed by atoms with Gasteiger partial charge in [-0.1, -0.05) is 6.92 Å². The molecular formula is C23H30N4O5. The summed E-state index contributed by atoms with van der Waals surface area (Å²) in [4.78, 5) is 40.3. The number of amides is 2. The van der Waals surface area contributed by atoms with Gasteiger partial charge in [0.2, 0.25) is 18.1 Å². The van der Waals surface area contributed by atoms with Crippen LogP contribution in [0.15, 0.2) is 23.1 Å². The van der Waals surface area contributed by atoms with Crippen molar-refractivity contribution in [3.8, 4) is 11.5 Å². The normalized spacial score (nSPS) is 17.6. The van der Waals surface area contributed by atoms with Crippen LogP contribution in [0, 0.1) is 0 Å². The molecule has 0 unspecified atom stereocenters. The van der Waals surface area contributed by atoms with Crippen molar-refractivity contribution in [3.05, 3.63) is 34.1 Å². The van der Waals surface area contributed by atoms with E-state index in [1.54, 1.807) is 18.3 Å². The summed E-state index contributed by atoms with van der Waals surface area (Å²) >= 11 is 0. The molecule has 1 aromatic carbocycles. The highest BCUT2D eigenvalue weighted by molar-refractivity contribution is 5.98. The van der Waals surface area contributed by atoms with Crippen LogP contribution in [0.5, 0.6) is 11.5 Å². The molecular weight excluding hydrogens is 412 g/mol. The minimum Gasteiger partial charge on any atom is -0.454 e. The number of hydrogen-bond acceptors (Lipinski definition) is 6. The third-order valence-electron chi connectivity index (χ3n) is 6.24. The molecule has 0 aliphatic carbocycles. The van der Waals surface area contributed by atoms with E-state index in [0.717, 1.165) is 25.9 Å². The lowest BCUT2D eigenvalue weighted by Crippen LogP contribution is -2.41. The average Bonchev–Trinajstić information content (AvgIpc) is 3.45. The van der Waals surface area contributed by atoms with Gasteiger partial charge in [-0.3, -0.25) is 19.3 Å². The van der Waals surface area contributed by atoms with E-state index in [2.05, 4.69) is 22.5 Å². The Bertz CT molecular complexity index is 1080. The van der Waals surface area contributed by atoms with Crippen molar-refractivity contribution in [3.63, 3.8) is 0 Å². The van der Waals surface area contributed by atoms with Gasteiger partial charge in [0, 0.05) is 44.4 Å². The molecule has 1 saturated heterocycles. The van der Waals surface area contributed by atoms with Gasteiger partial charge in [0.15, 0.2) is 11.5 Å². The number of nitrogens with zero attached hydrogens (tertiary/aromatic N) is 2. The third kappa shape index (κ3) is 4.43. The summed E-state index contributed by atoms with van der Waals surface area (Å²) in [6, 6.07) is 3.77. The first-order valence-corrected chi connectivity index (χ1v) is 11.3. The fraction of sp³-hybridized carbons (Fsp3) is 0.522. The number of aryl methyl sites for hydroxylation is 1. The molecule has 3 heterocycles. The van der Waals surface area contributed by atoms with E-state index in [-0.39, 0.29) is 36.7 Å². The van der Waals surface area contributed by atoms with Crippen LogP contribution < -0.4 is 25.5 Å². The molecule has 9 nitrogen and oxygen atoms in total. The zero-order valence-electron chi connectivity index (χ0n) is 18.6. The van der Waals surface area contributed by atoms with Crippen LogP contribution in [0.2, 0.25) is 0 Å². The number of likely N-dealkylation sites (tertiary alicyclic amines) is 1. The summed E-state index contributed by atoms with van der Waals surface area (Å²) in [6.45, 7) is 7.61. The lowest BCUT2D eigenvalue weighted by atomic mass is 10.1. The quantitative estimate of drug-likeness (QED) is 0.642. The molecule has 1 atom stereocenters. The Balaban J connectivity index is 1.38. The highest BCUT2D eigenvalue weighted by Gasteiger charge is 2.23. The number of carbonyl (C=O) groups is 2. The first-order valence-electron chi connectivity index (χ1n) is 11.3. The van der Waals surface area contributed by atoms with Crippen LogP contribution in [-0.4, -0.2) is 60.3 Å².